The molecule has 0 saturated heterocycles. The summed E-state index contributed by atoms with van der Waals surface area (Å²) in [6.45, 7) is 6.24. The van der Waals surface area contributed by atoms with Crippen molar-refractivity contribution in [3.8, 4) is 22.9 Å². The van der Waals surface area contributed by atoms with Crippen LogP contribution >= 0.6 is 0 Å². The second-order valence-electron chi connectivity index (χ2n) is 5.37. The molecule has 0 atom stereocenters. The van der Waals surface area contributed by atoms with E-state index in [0.717, 1.165) is 23.3 Å². The largest absolute Gasteiger partial charge is 0.487 e. The van der Waals surface area contributed by atoms with Crippen molar-refractivity contribution in [2.75, 3.05) is 0 Å². The zero-order valence-electron chi connectivity index (χ0n) is 12.2. The number of hydrogen-bond donors (Lipinski definition) is 0. The molecule has 2 heteroatoms. The van der Waals surface area contributed by atoms with Gasteiger partial charge in [-0.25, -0.2) is 0 Å². The van der Waals surface area contributed by atoms with Crippen molar-refractivity contribution in [1.29, 1.82) is 5.26 Å². The van der Waals surface area contributed by atoms with Gasteiger partial charge in [0.2, 0.25) is 0 Å². The molecule has 0 heterocycles. The van der Waals surface area contributed by atoms with E-state index in [4.69, 9.17) is 4.74 Å². The molecule has 20 heavy (non-hydrogen) atoms. The molecule has 0 aliphatic carbocycles. The molecule has 0 aliphatic rings. The molecule has 0 aromatic heterocycles. The molecule has 0 saturated carbocycles. The summed E-state index contributed by atoms with van der Waals surface area (Å²) < 4.78 is 6.13. The van der Waals surface area contributed by atoms with Crippen LogP contribution in [0, 0.1) is 11.3 Å². The fourth-order valence-corrected chi connectivity index (χ4v) is 1.96. The van der Waals surface area contributed by atoms with Gasteiger partial charge in [0.1, 0.15) is 11.4 Å². The smallest absolute Gasteiger partial charge is 0.127 e. The summed E-state index contributed by atoms with van der Waals surface area (Å²) in [6.07, 6.45) is 0.918. The molecule has 0 fully saturated rings. The van der Waals surface area contributed by atoms with Crippen LogP contribution in [0.3, 0.4) is 0 Å². The highest BCUT2D eigenvalue weighted by Crippen LogP contribution is 2.34. The summed E-state index contributed by atoms with van der Waals surface area (Å²) in [5.74, 6) is 0.821. The highest BCUT2D eigenvalue weighted by atomic mass is 16.5. The monoisotopic (exact) mass is 265 g/mol. The quantitative estimate of drug-likeness (QED) is 0.796. The molecule has 102 valence electrons. The van der Waals surface area contributed by atoms with E-state index in [-0.39, 0.29) is 5.60 Å². The van der Waals surface area contributed by atoms with Gasteiger partial charge in [0.05, 0.1) is 11.6 Å². The SMILES string of the molecule is CCC(C)(C)Oc1ccccc1-c1ccccc1C#N. The van der Waals surface area contributed by atoms with E-state index in [9.17, 15) is 5.26 Å². The Hall–Kier alpha value is -2.27. The average Bonchev–Trinajstić information content (AvgIpc) is 2.47. The Balaban J connectivity index is 2.51. The molecule has 0 amide bonds. The molecule has 0 bridgehead atoms. The molecular formula is C18H19NO. The molecule has 2 rings (SSSR count). The fourth-order valence-electron chi connectivity index (χ4n) is 1.96. The van der Waals surface area contributed by atoms with Crippen molar-refractivity contribution in [3.63, 3.8) is 0 Å². The standard InChI is InChI=1S/C18H19NO/c1-4-18(2,3)20-17-12-8-7-11-16(17)15-10-6-5-9-14(15)13-19/h5-12H,4H2,1-3H3. The third-order valence-electron chi connectivity index (χ3n) is 3.46. The minimum Gasteiger partial charge on any atom is -0.487 e. The van der Waals surface area contributed by atoms with Gasteiger partial charge in [0, 0.05) is 11.1 Å². The van der Waals surface area contributed by atoms with Crippen LogP contribution in [0.2, 0.25) is 0 Å². The summed E-state index contributed by atoms with van der Waals surface area (Å²) in [4.78, 5) is 0. The van der Waals surface area contributed by atoms with Gasteiger partial charge in [-0.15, -0.1) is 0 Å². The molecule has 0 aliphatic heterocycles. The van der Waals surface area contributed by atoms with Crippen molar-refractivity contribution in [3.05, 3.63) is 54.1 Å². The van der Waals surface area contributed by atoms with Crippen molar-refractivity contribution < 1.29 is 4.74 Å². The normalized spacial score (nSPS) is 10.9. The minimum absolute atomic E-state index is 0.225. The van der Waals surface area contributed by atoms with Gasteiger partial charge < -0.3 is 4.74 Å². The lowest BCUT2D eigenvalue weighted by Crippen LogP contribution is -2.27. The van der Waals surface area contributed by atoms with E-state index in [1.165, 1.54) is 0 Å². The lowest BCUT2D eigenvalue weighted by atomic mass is 9.99. The van der Waals surface area contributed by atoms with E-state index < -0.39 is 0 Å². The van der Waals surface area contributed by atoms with Crippen LogP contribution < -0.4 is 4.74 Å². The van der Waals surface area contributed by atoms with Crippen molar-refractivity contribution in [2.24, 2.45) is 0 Å². The minimum atomic E-state index is -0.225. The first-order chi connectivity index (χ1) is 9.57. The maximum Gasteiger partial charge on any atom is 0.127 e. The van der Waals surface area contributed by atoms with Gasteiger partial charge in [-0.2, -0.15) is 5.26 Å². The lowest BCUT2D eigenvalue weighted by Gasteiger charge is -2.26. The second kappa shape index (κ2) is 5.79. The lowest BCUT2D eigenvalue weighted by molar-refractivity contribution is 0.106. The summed E-state index contributed by atoms with van der Waals surface area (Å²) >= 11 is 0. The summed E-state index contributed by atoms with van der Waals surface area (Å²) in [5.41, 5.74) is 2.32. The van der Waals surface area contributed by atoms with Crippen LogP contribution in [-0.4, -0.2) is 5.60 Å². The molecule has 0 spiro atoms. The Labute approximate surface area is 120 Å². The van der Waals surface area contributed by atoms with E-state index in [1.54, 1.807) is 0 Å². The molecule has 2 aromatic rings. The summed E-state index contributed by atoms with van der Waals surface area (Å²) in [5, 5.41) is 9.26. The van der Waals surface area contributed by atoms with Gasteiger partial charge >= 0.3 is 0 Å². The molecule has 2 nitrogen and oxygen atoms in total. The van der Waals surface area contributed by atoms with Gasteiger partial charge in [-0.1, -0.05) is 43.3 Å². The van der Waals surface area contributed by atoms with Gasteiger partial charge in [0.25, 0.3) is 0 Å². The van der Waals surface area contributed by atoms with E-state index in [2.05, 4.69) is 26.8 Å². The number of nitriles is 1. The Morgan fingerprint density at radius 2 is 1.60 bits per heavy atom. The number of para-hydroxylation sites is 1. The topological polar surface area (TPSA) is 33.0 Å². The number of hydrogen-bond acceptors (Lipinski definition) is 2. The van der Waals surface area contributed by atoms with Crippen molar-refractivity contribution in [2.45, 2.75) is 32.8 Å². The Morgan fingerprint density at radius 1 is 1.00 bits per heavy atom. The highest BCUT2D eigenvalue weighted by Gasteiger charge is 2.19. The summed E-state index contributed by atoms with van der Waals surface area (Å²) in [6, 6.07) is 17.7. The first-order valence-electron chi connectivity index (χ1n) is 6.85. The predicted octanol–water partition coefficient (Wildman–Crippen LogP) is 4.79. The Kier molecular flexibility index (Phi) is 4.10. The zero-order chi connectivity index (χ0) is 14.6. The number of benzene rings is 2. The van der Waals surface area contributed by atoms with Crippen molar-refractivity contribution in [1.82, 2.24) is 0 Å². The molecular weight excluding hydrogens is 246 g/mol. The van der Waals surface area contributed by atoms with Crippen LogP contribution in [0.4, 0.5) is 0 Å². The second-order valence-corrected chi connectivity index (χ2v) is 5.37. The maximum absolute atomic E-state index is 9.26. The van der Waals surface area contributed by atoms with Crippen LogP contribution in [0.15, 0.2) is 48.5 Å². The van der Waals surface area contributed by atoms with Gasteiger partial charge in [-0.3, -0.25) is 0 Å². The van der Waals surface area contributed by atoms with E-state index in [1.807, 2.05) is 48.5 Å². The fraction of sp³-hybridized carbons (Fsp3) is 0.278. The van der Waals surface area contributed by atoms with Crippen LogP contribution in [-0.2, 0) is 0 Å². The number of ether oxygens (including phenoxy) is 1. The first kappa shape index (κ1) is 14.1. The predicted molar refractivity (Wildman–Crippen MR) is 81.6 cm³/mol. The van der Waals surface area contributed by atoms with Crippen LogP contribution in [0.5, 0.6) is 5.75 Å². The van der Waals surface area contributed by atoms with Gasteiger partial charge in [0.15, 0.2) is 0 Å². The third-order valence-corrected chi connectivity index (χ3v) is 3.46. The third kappa shape index (κ3) is 3.00. The highest BCUT2D eigenvalue weighted by molar-refractivity contribution is 5.75. The zero-order valence-corrected chi connectivity index (χ0v) is 12.2. The Bertz CT molecular complexity index is 638. The number of rotatable bonds is 4. The molecule has 0 unspecified atom stereocenters. The van der Waals surface area contributed by atoms with Gasteiger partial charge in [-0.05, 0) is 32.4 Å². The van der Waals surface area contributed by atoms with E-state index in [0.29, 0.717) is 5.56 Å². The summed E-state index contributed by atoms with van der Waals surface area (Å²) in [7, 11) is 0. The average molecular weight is 265 g/mol. The maximum atomic E-state index is 9.26. The Morgan fingerprint density at radius 3 is 2.25 bits per heavy atom. The van der Waals surface area contributed by atoms with Crippen molar-refractivity contribution >= 4 is 0 Å². The van der Waals surface area contributed by atoms with Crippen LogP contribution in [0.25, 0.3) is 11.1 Å². The number of nitrogens with zero attached hydrogens (tertiary/aromatic N) is 1. The van der Waals surface area contributed by atoms with E-state index >= 15 is 0 Å². The molecule has 0 radical (unpaired) electrons. The molecule has 2 aromatic carbocycles. The van der Waals surface area contributed by atoms with Crippen LogP contribution in [0.1, 0.15) is 32.8 Å². The molecule has 0 N–H and O–H groups in total. The first-order valence-corrected chi connectivity index (χ1v) is 6.85.